The number of hydrogen-bond acceptors (Lipinski definition) is 7. The number of esters is 1. The van der Waals surface area contributed by atoms with E-state index >= 15 is 0 Å². The quantitative estimate of drug-likeness (QED) is 0.315. The van der Waals surface area contributed by atoms with Gasteiger partial charge in [0, 0.05) is 12.1 Å². The van der Waals surface area contributed by atoms with Crippen LogP contribution < -0.4 is 21.7 Å². The molecule has 0 saturated heterocycles. The van der Waals surface area contributed by atoms with Crippen molar-refractivity contribution in [2.75, 3.05) is 12.0 Å². The Kier molecular flexibility index (Phi) is 12.6. The van der Waals surface area contributed by atoms with Crippen molar-refractivity contribution in [3.05, 3.63) is 66.2 Å². The topological polar surface area (TPSA) is 182 Å². The molecule has 3 unspecified atom stereocenters. The van der Waals surface area contributed by atoms with Crippen LogP contribution in [-0.2, 0) is 35.1 Å². The first-order valence-electron chi connectivity index (χ1n) is 11.3. The SMILES string of the molecule is COC(=O)C(Cc1ccccc1)NC(=O)C(C)N(C(=O)C(N)CC(N)=O)c1ccccc1.O=C(O)C(F)(F)F. The minimum Gasteiger partial charge on any atom is -0.475 e. The van der Waals surface area contributed by atoms with E-state index in [2.05, 4.69) is 5.32 Å². The molecule has 6 N–H and O–H groups in total. The zero-order valence-electron chi connectivity index (χ0n) is 21.1. The molecule has 0 aliphatic heterocycles. The number of alkyl halides is 3. The molecule has 2 aromatic carbocycles. The average molecular weight is 555 g/mol. The van der Waals surface area contributed by atoms with Gasteiger partial charge in [0.15, 0.2) is 0 Å². The first-order valence-corrected chi connectivity index (χ1v) is 11.3. The second-order valence-corrected chi connectivity index (χ2v) is 8.07. The summed E-state index contributed by atoms with van der Waals surface area (Å²) in [7, 11) is 1.23. The lowest BCUT2D eigenvalue weighted by atomic mass is 10.0. The molecule has 0 saturated carbocycles. The van der Waals surface area contributed by atoms with Gasteiger partial charge in [0.05, 0.1) is 19.6 Å². The summed E-state index contributed by atoms with van der Waals surface area (Å²) in [6.07, 6.45) is -5.23. The van der Waals surface area contributed by atoms with Gasteiger partial charge in [-0.1, -0.05) is 48.5 Å². The van der Waals surface area contributed by atoms with Crippen molar-refractivity contribution in [1.82, 2.24) is 5.32 Å². The summed E-state index contributed by atoms with van der Waals surface area (Å²) in [5.41, 5.74) is 12.3. The van der Waals surface area contributed by atoms with Gasteiger partial charge in [-0.3, -0.25) is 19.3 Å². The number of hydrogen-bond donors (Lipinski definition) is 4. The predicted octanol–water partition coefficient (Wildman–Crippen LogP) is 1.14. The second-order valence-electron chi connectivity index (χ2n) is 8.07. The Balaban J connectivity index is 0.000000956. The number of carbonyl (C=O) groups excluding carboxylic acids is 4. The van der Waals surface area contributed by atoms with Crippen molar-refractivity contribution >= 4 is 35.3 Å². The van der Waals surface area contributed by atoms with E-state index in [1.807, 2.05) is 30.3 Å². The molecule has 0 aliphatic rings. The number of amides is 3. The number of nitrogens with two attached hydrogens (primary N) is 2. The van der Waals surface area contributed by atoms with Gasteiger partial charge in [-0.25, -0.2) is 9.59 Å². The Morgan fingerprint density at radius 3 is 1.92 bits per heavy atom. The van der Waals surface area contributed by atoms with Crippen LogP contribution in [0.25, 0.3) is 0 Å². The maximum Gasteiger partial charge on any atom is 0.490 e. The molecule has 0 heterocycles. The van der Waals surface area contributed by atoms with Gasteiger partial charge in [-0.15, -0.1) is 0 Å². The fourth-order valence-corrected chi connectivity index (χ4v) is 3.21. The summed E-state index contributed by atoms with van der Waals surface area (Å²) in [5.74, 6) is -5.33. The molecule has 2 aromatic rings. The number of primary amides is 1. The molecule has 11 nitrogen and oxygen atoms in total. The zero-order chi connectivity index (χ0) is 29.8. The van der Waals surface area contributed by atoms with Crippen LogP contribution in [0.1, 0.15) is 18.9 Å². The van der Waals surface area contributed by atoms with Crippen LogP contribution in [-0.4, -0.2) is 66.2 Å². The summed E-state index contributed by atoms with van der Waals surface area (Å²) in [5, 5.41) is 9.79. The van der Waals surface area contributed by atoms with Gasteiger partial charge in [-0.2, -0.15) is 13.2 Å². The number of carbonyl (C=O) groups is 5. The standard InChI is InChI=1S/C23H28N4O5.C2HF3O2/c1-15(21(29)26-19(23(31)32-2)13-16-9-5-3-6-10-16)27(17-11-7-4-8-12-17)22(30)18(24)14-20(25)28;3-2(4,5)1(6)7/h3-12,15,18-19H,13-14,24H2,1-2H3,(H2,25,28)(H,26,29);(H,6,7). The van der Waals surface area contributed by atoms with Crippen molar-refractivity contribution in [2.24, 2.45) is 11.5 Å². The van der Waals surface area contributed by atoms with E-state index in [-0.39, 0.29) is 12.8 Å². The van der Waals surface area contributed by atoms with Crippen LogP contribution in [0.2, 0.25) is 0 Å². The number of ether oxygens (including phenoxy) is 1. The van der Waals surface area contributed by atoms with Crippen molar-refractivity contribution < 1.29 is 47.0 Å². The van der Waals surface area contributed by atoms with E-state index < -0.39 is 54.0 Å². The van der Waals surface area contributed by atoms with Crippen LogP contribution in [0, 0.1) is 0 Å². The number of halogens is 3. The van der Waals surface area contributed by atoms with Gasteiger partial charge in [0.1, 0.15) is 12.1 Å². The monoisotopic (exact) mass is 554 g/mol. The largest absolute Gasteiger partial charge is 0.490 e. The third-order valence-corrected chi connectivity index (χ3v) is 5.10. The molecule has 0 fully saturated rings. The van der Waals surface area contributed by atoms with E-state index in [0.29, 0.717) is 5.69 Å². The van der Waals surface area contributed by atoms with Crippen LogP contribution in [0.5, 0.6) is 0 Å². The number of nitrogens with zero attached hydrogens (tertiary/aromatic N) is 1. The molecule has 0 aliphatic carbocycles. The summed E-state index contributed by atoms with van der Waals surface area (Å²) in [6.45, 7) is 1.51. The zero-order valence-corrected chi connectivity index (χ0v) is 21.1. The second kappa shape index (κ2) is 15.1. The average Bonchev–Trinajstić information content (AvgIpc) is 2.88. The number of para-hydroxylation sites is 1. The minimum atomic E-state index is -5.08. The van der Waals surface area contributed by atoms with Gasteiger partial charge in [0.2, 0.25) is 17.7 Å². The van der Waals surface area contributed by atoms with Crippen molar-refractivity contribution in [2.45, 2.75) is 44.1 Å². The number of methoxy groups -OCH3 is 1. The highest BCUT2D eigenvalue weighted by atomic mass is 19.4. The number of anilines is 1. The molecule has 0 aromatic heterocycles. The maximum atomic E-state index is 13.1. The third kappa shape index (κ3) is 10.8. The van der Waals surface area contributed by atoms with E-state index in [4.69, 9.17) is 26.1 Å². The summed E-state index contributed by atoms with van der Waals surface area (Å²) >= 11 is 0. The van der Waals surface area contributed by atoms with E-state index in [9.17, 15) is 32.3 Å². The number of carboxylic acids is 1. The lowest BCUT2D eigenvalue weighted by Crippen LogP contribution is -2.56. The number of benzene rings is 2. The number of nitrogens with one attached hydrogen (secondary N) is 1. The van der Waals surface area contributed by atoms with E-state index in [1.54, 1.807) is 30.3 Å². The predicted molar refractivity (Wildman–Crippen MR) is 133 cm³/mol. The number of aliphatic carboxylic acids is 1. The van der Waals surface area contributed by atoms with Crippen molar-refractivity contribution in [3.8, 4) is 0 Å². The van der Waals surface area contributed by atoms with Gasteiger partial charge in [0.25, 0.3) is 0 Å². The van der Waals surface area contributed by atoms with Crippen LogP contribution >= 0.6 is 0 Å². The molecule has 39 heavy (non-hydrogen) atoms. The fourth-order valence-electron chi connectivity index (χ4n) is 3.21. The fraction of sp³-hybridized carbons (Fsp3) is 0.320. The van der Waals surface area contributed by atoms with Crippen molar-refractivity contribution in [3.63, 3.8) is 0 Å². The molecule has 3 atom stereocenters. The molecule has 0 bridgehead atoms. The van der Waals surface area contributed by atoms with Crippen LogP contribution in [0.3, 0.4) is 0 Å². The molecular weight excluding hydrogens is 525 g/mol. The Morgan fingerprint density at radius 2 is 1.49 bits per heavy atom. The van der Waals surface area contributed by atoms with Crippen LogP contribution in [0.15, 0.2) is 60.7 Å². The summed E-state index contributed by atoms with van der Waals surface area (Å²) in [4.78, 5) is 59.7. The lowest BCUT2D eigenvalue weighted by molar-refractivity contribution is -0.192. The Bertz CT molecular complexity index is 1130. The molecule has 212 valence electrons. The third-order valence-electron chi connectivity index (χ3n) is 5.10. The highest BCUT2D eigenvalue weighted by Crippen LogP contribution is 2.19. The Labute approximate surface area is 221 Å². The highest BCUT2D eigenvalue weighted by Gasteiger charge is 2.38. The van der Waals surface area contributed by atoms with Gasteiger partial charge >= 0.3 is 18.1 Å². The minimum absolute atomic E-state index is 0.215. The van der Waals surface area contributed by atoms with Gasteiger partial charge in [-0.05, 0) is 24.6 Å². The molecule has 0 radical (unpaired) electrons. The molecule has 3 amide bonds. The van der Waals surface area contributed by atoms with E-state index in [0.717, 1.165) is 5.56 Å². The van der Waals surface area contributed by atoms with Gasteiger partial charge < -0.3 is 26.6 Å². The van der Waals surface area contributed by atoms with E-state index in [1.165, 1.54) is 18.9 Å². The lowest BCUT2D eigenvalue weighted by Gasteiger charge is -2.31. The van der Waals surface area contributed by atoms with Crippen molar-refractivity contribution in [1.29, 1.82) is 0 Å². The maximum absolute atomic E-state index is 13.1. The smallest absolute Gasteiger partial charge is 0.475 e. The summed E-state index contributed by atoms with van der Waals surface area (Å²) in [6, 6.07) is 14.4. The normalized spacial score (nSPS) is 13.0. The Hall–Kier alpha value is -4.46. The molecule has 14 heteroatoms. The Morgan fingerprint density at radius 1 is 1.00 bits per heavy atom. The number of carboxylic acid groups (broad SMARTS) is 1. The summed E-state index contributed by atoms with van der Waals surface area (Å²) < 4.78 is 36.6. The molecule has 0 spiro atoms. The highest BCUT2D eigenvalue weighted by molar-refractivity contribution is 6.04. The first-order chi connectivity index (χ1) is 18.2. The molecular formula is C25H29F3N4O7. The first kappa shape index (κ1) is 32.6. The number of rotatable bonds is 10. The van der Waals surface area contributed by atoms with Crippen LogP contribution in [0.4, 0.5) is 18.9 Å². The molecule has 2 rings (SSSR count).